The molecule has 2 aromatic rings. The summed E-state index contributed by atoms with van der Waals surface area (Å²) in [6.07, 6.45) is 5.73. The minimum Gasteiger partial charge on any atom is -0.497 e. The Labute approximate surface area is 159 Å². The number of methoxy groups -OCH3 is 1. The van der Waals surface area contributed by atoms with Gasteiger partial charge in [-0.25, -0.2) is 4.98 Å². The highest BCUT2D eigenvalue weighted by molar-refractivity contribution is 5.81. The zero-order chi connectivity index (χ0) is 18.6. The van der Waals surface area contributed by atoms with Crippen LogP contribution >= 0.6 is 0 Å². The summed E-state index contributed by atoms with van der Waals surface area (Å²) in [4.78, 5) is 23.2. The van der Waals surface area contributed by atoms with Gasteiger partial charge in [-0.15, -0.1) is 0 Å². The Kier molecular flexibility index (Phi) is 5.09. The van der Waals surface area contributed by atoms with E-state index in [2.05, 4.69) is 25.5 Å². The Balaban J connectivity index is 1.34. The van der Waals surface area contributed by atoms with Crippen LogP contribution in [0, 0.1) is 5.92 Å². The average Bonchev–Trinajstić information content (AvgIpc) is 3.55. The quantitative estimate of drug-likeness (QED) is 0.817. The number of benzene rings is 1. The largest absolute Gasteiger partial charge is 0.497 e. The summed E-state index contributed by atoms with van der Waals surface area (Å²) in [6, 6.07) is 9.85. The molecule has 2 heterocycles. The van der Waals surface area contributed by atoms with Crippen molar-refractivity contribution in [1.29, 1.82) is 0 Å². The molecule has 7 heteroatoms. The molecule has 27 heavy (non-hydrogen) atoms. The van der Waals surface area contributed by atoms with Crippen molar-refractivity contribution in [2.45, 2.75) is 31.7 Å². The molecule has 0 spiro atoms. The maximum Gasteiger partial charge on any atom is 0.227 e. The van der Waals surface area contributed by atoms with Crippen molar-refractivity contribution in [2.24, 2.45) is 5.92 Å². The molecule has 2 aliphatic rings. The lowest BCUT2D eigenvalue weighted by atomic mass is 10.1. The SMILES string of the molecule is COc1ccc(Nc2ccnc(N3CCC(NC(=O)C4CC4)CC3)n2)cc1. The number of carbonyl (C=O) groups is 1. The third-order valence-electron chi connectivity index (χ3n) is 5.08. The summed E-state index contributed by atoms with van der Waals surface area (Å²) in [6.45, 7) is 1.70. The molecule has 1 amide bonds. The Morgan fingerprint density at radius 2 is 1.85 bits per heavy atom. The molecule has 2 N–H and O–H groups in total. The van der Waals surface area contributed by atoms with E-state index in [0.29, 0.717) is 0 Å². The molecule has 1 saturated heterocycles. The first-order valence-corrected chi connectivity index (χ1v) is 9.51. The van der Waals surface area contributed by atoms with Gasteiger partial charge in [0.15, 0.2) is 0 Å². The average molecular weight is 367 g/mol. The lowest BCUT2D eigenvalue weighted by molar-refractivity contribution is -0.123. The normalized spacial score (nSPS) is 17.4. The maximum absolute atomic E-state index is 11.9. The number of anilines is 3. The number of aromatic nitrogens is 2. The van der Waals surface area contributed by atoms with Gasteiger partial charge in [-0.05, 0) is 56.0 Å². The van der Waals surface area contributed by atoms with Crippen LogP contribution in [0.5, 0.6) is 5.75 Å². The van der Waals surface area contributed by atoms with Crippen LogP contribution in [0.1, 0.15) is 25.7 Å². The smallest absolute Gasteiger partial charge is 0.227 e. The lowest BCUT2D eigenvalue weighted by Gasteiger charge is -2.32. The molecule has 1 aliphatic carbocycles. The first-order valence-electron chi connectivity index (χ1n) is 9.51. The van der Waals surface area contributed by atoms with Gasteiger partial charge < -0.3 is 20.3 Å². The Hall–Kier alpha value is -2.83. The Morgan fingerprint density at radius 1 is 1.11 bits per heavy atom. The van der Waals surface area contributed by atoms with Crippen LogP contribution in [0.3, 0.4) is 0 Å². The van der Waals surface area contributed by atoms with Crippen LogP contribution in [-0.2, 0) is 4.79 Å². The monoisotopic (exact) mass is 367 g/mol. The number of piperidine rings is 1. The van der Waals surface area contributed by atoms with Gasteiger partial charge in [-0.2, -0.15) is 4.98 Å². The highest BCUT2D eigenvalue weighted by atomic mass is 16.5. The summed E-state index contributed by atoms with van der Waals surface area (Å²) < 4.78 is 5.18. The second-order valence-corrected chi connectivity index (χ2v) is 7.14. The Morgan fingerprint density at radius 3 is 2.52 bits per heavy atom. The van der Waals surface area contributed by atoms with E-state index in [-0.39, 0.29) is 17.9 Å². The van der Waals surface area contributed by atoms with Crippen molar-refractivity contribution in [3.05, 3.63) is 36.5 Å². The first-order chi connectivity index (χ1) is 13.2. The molecule has 0 unspecified atom stereocenters. The second kappa shape index (κ2) is 7.82. The number of nitrogens with zero attached hydrogens (tertiary/aromatic N) is 3. The van der Waals surface area contributed by atoms with Crippen molar-refractivity contribution in [3.8, 4) is 5.75 Å². The molecule has 0 atom stereocenters. The molecular formula is C20H25N5O2. The first kappa shape index (κ1) is 17.6. The summed E-state index contributed by atoms with van der Waals surface area (Å²) in [7, 11) is 1.65. The van der Waals surface area contributed by atoms with Crippen LogP contribution in [0.25, 0.3) is 0 Å². The van der Waals surface area contributed by atoms with Gasteiger partial charge >= 0.3 is 0 Å². The molecule has 1 aliphatic heterocycles. The predicted octanol–water partition coefficient (Wildman–Crippen LogP) is 2.72. The van der Waals surface area contributed by atoms with Crippen LogP contribution < -0.4 is 20.3 Å². The molecule has 2 fully saturated rings. The number of hydrogen-bond acceptors (Lipinski definition) is 6. The van der Waals surface area contributed by atoms with Crippen molar-refractivity contribution < 1.29 is 9.53 Å². The summed E-state index contributed by atoms with van der Waals surface area (Å²) in [5.74, 6) is 2.80. The molecule has 4 rings (SSSR count). The van der Waals surface area contributed by atoms with Crippen LogP contribution in [-0.4, -0.2) is 42.1 Å². The van der Waals surface area contributed by atoms with Crippen LogP contribution in [0.15, 0.2) is 36.5 Å². The minimum atomic E-state index is 0.232. The highest BCUT2D eigenvalue weighted by Gasteiger charge is 2.32. The molecule has 0 radical (unpaired) electrons. The molecular weight excluding hydrogens is 342 g/mol. The zero-order valence-corrected chi connectivity index (χ0v) is 15.5. The minimum absolute atomic E-state index is 0.232. The van der Waals surface area contributed by atoms with Crippen LogP contribution in [0.2, 0.25) is 0 Å². The third kappa shape index (κ3) is 4.48. The van der Waals surface area contributed by atoms with E-state index in [0.717, 1.165) is 62.0 Å². The van der Waals surface area contributed by atoms with E-state index in [9.17, 15) is 4.79 Å². The predicted molar refractivity (Wildman–Crippen MR) is 104 cm³/mol. The topological polar surface area (TPSA) is 79.4 Å². The standard InChI is InChI=1S/C20H25N5O2/c1-27-17-6-4-15(5-7-17)22-18-8-11-21-20(24-18)25-12-9-16(10-13-25)23-19(26)14-2-3-14/h4-8,11,14,16H,2-3,9-10,12-13H2,1H3,(H,23,26)(H,21,22,24). The molecule has 1 saturated carbocycles. The lowest BCUT2D eigenvalue weighted by Crippen LogP contribution is -2.45. The third-order valence-corrected chi connectivity index (χ3v) is 5.08. The fourth-order valence-electron chi connectivity index (χ4n) is 3.28. The number of rotatable bonds is 6. The Bertz CT molecular complexity index is 783. The molecule has 1 aromatic heterocycles. The number of ether oxygens (including phenoxy) is 1. The molecule has 0 bridgehead atoms. The molecule has 7 nitrogen and oxygen atoms in total. The summed E-state index contributed by atoms with van der Waals surface area (Å²) in [5, 5.41) is 6.48. The van der Waals surface area contributed by atoms with E-state index < -0.39 is 0 Å². The van der Waals surface area contributed by atoms with Gasteiger partial charge in [0.25, 0.3) is 0 Å². The van der Waals surface area contributed by atoms with Gasteiger partial charge in [-0.3, -0.25) is 4.79 Å². The van der Waals surface area contributed by atoms with E-state index in [1.165, 1.54) is 0 Å². The van der Waals surface area contributed by atoms with Crippen molar-refractivity contribution in [3.63, 3.8) is 0 Å². The van der Waals surface area contributed by atoms with E-state index in [1.54, 1.807) is 13.3 Å². The van der Waals surface area contributed by atoms with Crippen molar-refractivity contribution in [2.75, 3.05) is 30.4 Å². The van der Waals surface area contributed by atoms with Gasteiger partial charge in [0.05, 0.1) is 7.11 Å². The van der Waals surface area contributed by atoms with E-state index in [1.807, 2.05) is 30.3 Å². The van der Waals surface area contributed by atoms with E-state index >= 15 is 0 Å². The van der Waals surface area contributed by atoms with Gasteiger partial charge in [-0.1, -0.05) is 0 Å². The second-order valence-electron chi connectivity index (χ2n) is 7.14. The summed E-state index contributed by atoms with van der Waals surface area (Å²) in [5.41, 5.74) is 0.946. The van der Waals surface area contributed by atoms with Gasteiger partial charge in [0.2, 0.25) is 11.9 Å². The number of hydrogen-bond donors (Lipinski definition) is 2. The fourth-order valence-corrected chi connectivity index (χ4v) is 3.28. The van der Waals surface area contributed by atoms with Gasteiger partial charge in [0, 0.05) is 36.9 Å². The summed E-state index contributed by atoms with van der Waals surface area (Å²) >= 11 is 0. The van der Waals surface area contributed by atoms with Crippen LogP contribution in [0.4, 0.5) is 17.5 Å². The number of amides is 1. The van der Waals surface area contributed by atoms with Crippen molar-refractivity contribution in [1.82, 2.24) is 15.3 Å². The number of carbonyl (C=O) groups excluding carboxylic acids is 1. The van der Waals surface area contributed by atoms with E-state index in [4.69, 9.17) is 4.74 Å². The van der Waals surface area contributed by atoms with Gasteiger partial charge in [0.1, 0.15) is 11.6 Å². The maximum atomic E-state index is 11.9. The molecule has 1 aromatic carbocycles. The fraction of sp³-hybridized carbons (Fsp3) is 0.450. The number of nitrogens with one attached hydrogen (secondary N) is 2. The molecule has 142 valence electrons. The zero-order valence-electron chi connectivity index (χ0n) is 15.5. The highest BCUT2D eigenvalue weighted by Crippen LogP contribution is 2.29. The van der Waals surface area contributed by atoms with Crippen molar-refractivity contribution >= 4 is 23.4 Å².